The zero-order chi connectivity index (χ0) is 13.5. The zero-order valence-corrected chi connectivity index (χ0v) is 14.2. The summed E-state index contributed by atoms with van der Waals surface area (Å²) in [6.45, 7) is 6.27. The van der Waals surface area contributed by atoms with Gasteiger partial charge in [0.15, 0.2) is 0 Å². The topological polar surface area (TPSA) is 29.3 Å². The van der Waals surface area contributed by atoms with E-state index in [0.29, 0.717) is 6.04 Å². The van der Waals surface area contributed by atoms with E-state index < -0.39 is 0 Å². The lowest BCUT2D eigenvalue weighted by molar-refractivity contribution is 0.124. The Morgan fingerprint density at radius 3 is 2.60 bits per heavy atom. The Hall–Kier alpha value is 0.210. The fraction of sp³-hybridized carbons (Fsp3) is 1.00. The molecule has 2 N–H and O–H groups in total. The normalized spacial score (nSPS) is 31.8. The van der Waals surface area contributed by atoms with Crippen LogP contribution >= 0.6 is 12.4 Å². The van der Waals surface area contributed by atoms with Crippen LogP contribution in [0.3, 0.4) is 0 Å². The van der Waals surface area contributed by atoms with E-state index in [0.717, 1.165) is 11.8 Å². The lowest BCUT2D eigenvalue weighted by Gasteiger charge is -2.38. The molecule has 2 fully saturated rings. The molecular formula is C17H35ClN2. The molecule has 3 heteroatoms. The second-order valence-electron chi connectivity index (χ2n) is 6.97. The monoisotopic (exact) mass is 302 g/mol. The predicted octanol–water partition coefficient (Wildman–Crippen LogP) is 4.22. The van der Waals surface area contributed by atoms with Gasteiger partial charge in [-0.2, -0.15) is 0 Å². The van der Waals surface area contributed by atoms with Crippen LogP contribution in [0, 0.1) is 11.8 Å². The molecule has 20 heavy (non-hydrogen) atoms. The molecule has 1 saturated heterocycles. The first-order valence-electron chi connectivity index (χ1n) is 8.77. The van der Waals surface area contributed by atoms with Crippen LogP contribution in [0.15, 0.2) is 0 Å². The van der Waals surface area contributed by atoms with Crippen LogP contribution in [0.4, 0.5) is 0 Å². The van der Waals surface area contributed by atoms with Crippen molar-refractivity contribution in [2.45, 2.75) is 77.2 Å². The molecule has 3 unspecified atom stereocenters. The van der Waals surface area contributed by atoms with Gasteiger partial charge in [0.05, 0.1) is 0 Å². The molecule has 3 atom stereocenters. The van der Waals surface area contributed by atoms with Gasteiger partial charge in [0.1, 0.15) is 0 Å². The third kappa shape index (κ3) is 5.91. The van der Waals surface area contributed by atoms with Gasteiger partial charge < -0.3 is 10.6 Å². The smallest absolute Gasteiger partial charge is 0.00793 e. The molecule has 1 aliphatic carbocycles. The molecule has 0 aromatic rings. The lowest BCUT2D eigenvalue weighted by atomic mass is 9.84. The average molecular weight is 303 g/mol. The van der Waals surface area contributed by atoms with E-state index in [4.69, 9.17) is 5.73 Å². The van der Waals surface area contributed by atoms with Gasteiger partial charge in [-0.05, 0) is 50.5 Å². The van der Waals surface area contributed by atoms with E-state index in [-0.39, 0.29) is 12.4 Å². The van der Waals surface area contributed by atoms with Crippen LogP contribution in [0.2, 0.25) is 0 Å². The minimum absolute atomic E-state index is 0. The second kappa shape index (κ2) is 10.0. The summed E-state index contributed by atoms with van der Waals surface area (Å²) < 4.78 is 0. The minimum atomic E-state index is 0. The van der Waals surface area contributed by atoms with Crippen molar-refractivity contribution in [3.63, 3.8) is 0 Å². The van der Waals surface area contributed by atoms with E-state index in [1.165, 1.54) is 83.8 Å². The van der Waals surface area contributed by atoms with Gasteiger partial charge in [-0.15, -0.1) is 12.4 Å². The molecule has 0 aromatic heterocycles. The molecule has 2 nitrogen and oxygen atoms in total. The van der Waals surface area contributed by atoms with E-state index in [1.54, 1.807) is 0 Å². The highest BCUT2D eigenvalue weighted by atomic mass is 35.5. The van der Waals surface area contributed by atoms with Crippen molar-refractivity contribution < 1.29 is 0 Å². The SMILES string of the molecule is CCCCCC1CCCN(CC2CCCCC2N)C1.Cl. The van der Waals surface area contributed by atoms with Gasteiger partial charge >= 0.3 is 0 Å². The lowest BCUT2D eigenvalue weighted by Crippen LogP contribution is -2.44. The maximum Gasteiger partial charge on any atom is 0.00793 e. The van der Waals surface area contributed by atoms with Crippen molar-refractivity contribution in [1.82, 2.24) is 4.90 Å². The number of nitrogens with zero attached hydrogens (tertiary/aromatic N) is 1. The van der Waals surface area contributed by atoms with Gasteiger partial charge in [0.2, 0.25) is 0 Å². The van der Waals surface area contributed by atoms with E-state index in [9.17, 15) is 0 Å². The molecule has 1 aliphatic heterocycles. The van der Waals surface area contributed by atoms with Gasteiger partial charge in [0.25, 0.3) is 0 Å². The number of halogens is 1. The number of unbranched alkanes of at least 4 members (excludes halogenated alkanes) is 2. The first kappa shape index (κ1) is 18.3. The van der Waals surface area contributed by atoms with Crippen LogP contribution in [-0.2, 0) is 0 Å². The average Bonchev–Trinajstić information content (AvgIpc) is 2.42. The third-order valence-electron chi connectivity index (χ3n) is 5.28. The molecular weight excluding hydrogens is 268 g/mol. The van der Waals surface area contributed by atoms with Gasteiger partial charge in [-0.25, -0.2) is 0 Å². The Morgan fingerprint density at radius 1 is 1.05 bits per heavy atom. The second-order valence-corrected chi connectivity index (χ2v) is 6.97. The van der Waals surface area contributed by atoms with Crippen LogP contribution in [0.25, 0.3) is 0 Å². The first-order chi connectivity index (χ1) is 9.29. The van der Waals surface area contributed by atoms with Crippen molar-refractivity contribution in [1.29, 1.82) is 0 Å². The van der Waals surface area contributed by atoms with Gasteiger partial charge in [-0.3, -0.25) is 0 Å². The van der Waals surface area contributed by atoms with Crippen molar-refractivity contribution in [3.05, 3.63) is 0 Å². The summed E-state index contributed by atoms with van der Waals surface area (Å²) in [7, 11) is 0. The minimum Gasteiger partial charge on any atom is -0.327 e. The number of rotatable bonds is 6. The van der Waals surface area contributed by atoms with Crippen molar-refractivity contribution in [2.24, 2.45) is 17.6 Å². The summed E-state index contributed by atoms with van der Waals surface area (Å²) in [6, 6.07) is 0.481. The highest BCUT2D eigenvalue weighted by Crippen LogP contribution is 2.27. The van der Waals surface area contributed by atoms with E-state index in [2.05, 4.69) is 11.8 Å². The number of hydrogen-bond acceptors (Lipinski definition) is 2. The highest BCUT2D eigenvalue weighted by molar-refractivity contribution is 5.85. The standard InChI is InChI=1S/C17H34N2.ClH/c1-2-3-4-8-15-9-7-12-19(13-15)14-16-10-5-6-11-17(16)18;/h15-17H,2-14,18H2,1H3;1H. The van der Waals surface area contributed by atoms with Crippen molar-refractivity contribution in [3.8, 4) is 0 Å². The maximum atomic E-state index is 6.30. The summed E-state index contributed by atoms with van der Waals surface area (Å²) >= 11 is 0. The predicted molar refractivity (Wildman–Crippen MR) is 90.5 cm³/mol. The van der Waals surface area contributed by atoms with Crippen LogP contribution in [-0.4, -0.2) is 30.6 Å². The molecule has 0 radical (unpaired) electrons. The Kier molecular flexibility index (Phi) is 9.15. The quantitative estimate of drug-likeness (QED) is 0.744. The van der Waals surface area contributed by atoms with Crippen LogP contribution < -0.4 is 5.73 Å². The molecule has 0 aromatic carbocycles. The summed E-state index contributed by atoms with van der Waals surface area (Å²) in [5.41, 5.74) is 6.30. The third-order valence-corrected chi connectivity index (χ3v) is 5.28. The number of piperidine rings is 1. The van der Waals surface area contributed by atoms with Crippen molar-refractivity contribution in [2.75, 3.05) is 19.6 Å². The van der Waals surface area contributed by atoms with Crippen LogP contribution in [0.5, 0.6) is 0 Å². The molecule has 2 rings (SSSR count). The van der Waals surface area contributed by atoms with E-state index >= 15 is 0 Å². The van der Waals surface area contributed by atoms with E-state index in [1.807, 2.05) is 0 Å². The zero-order valence-electron chi connectivity index (χ0n) is 13.4. The molecule has 0 amide bonds. The van der Waals surface area contributed by atoms with Gasteiger partial charge in [-0.1, -0.05) is 39.0 Å². The molecule has 1 saturated carbocycles. The molecule has 120 valence electrons. The largest absolute Gasteiger partial charge is 0.327 e. The number of hydrogen-bond donors (Lipinski definition) is 1. The van der Waals surface area contributed by atoms with Gasteiger partial charge in [0, 0.05) is 19.1 Å². The summed E-state index contributed by atoms with van der Waals surface area (Å²) in [5.74, 6) is 1.75. The summed E-state index contributed by atoms with van der Waals surface area (Å²) in [5, 5.41) is 0. The Labute approximate surface area is 132 Å². The molecule has 2 aliphatic rings. The summed E-state index contributed by atoms with van der Waals surface area (Å²) in [6.07, 6.45) is 14.0. The molecule has 0 bridgehead atoms. The Bertz CT molecular complexity index is 247. The highest BCUT2D eigenvalue weighted by Gasteiger charge is 2.26. The molecule has 0 spiro atoms. The first-order valence-corrected chi connectivity index (χ1v) is 8.77. The van der Waals surface area contributed by atoms with Crippen LogP contribution in [0.1, 0.15) is 71.1 Å². The number of nitrogens with two attached hydrogens (primary N) is 1. The Morgan fingerprint density at radius 2 is 1.85 bits per heavy atom. The molecule has 1 heterocycles. The fourth-order valence-electron chi connectivity index (χ4n) is 4.03. The van der Waals surface area contributed by atoms with Crippen molar-refractivity contribution >= 4 is 12.4 Å². The Balaban J connectivity index is 0.00000200. The number of likely N-dealkylation sites (tertiary alicyclic amines) is 1. The maximum absolute atomic E-state index is 6.30. The summed E-state index contributed by atoms with van der Waals surface area (Å²) in [4.78, 5) is 2.73. The fourth-order valence-corrected chi connectivity index (χ4v) is 4.03.